The molecule has 2 N–H and O–H groups in total. The molecule has 0 fully saturated rings. The van der Waals surface area contributed by atoms with Crippen LogP contribution in [0.1, 0.15) is 20.8 Å². The minimum absolute atomic E-state index is 0.521. The molecular formula is C9H14F3NO4S. The molecule has 0 heterocycles. The highest BCUT2D eigenvalue weighted by Gasteiger charge is 2.32. The number of halogens is 3. The van der Waals surface area contributed by atoms with Gasteiger partial charge in [-0.1, -0.05) is 0 Å². The summed E-state index contributed by atoms with van der Waals surface area (Å²) >= 11 is -0.521. The van der Waals surface area contributed by atoms with Gasteiger partial charge in [0.1, 0.15) is 11.6 Å². The molecule has 0 saturated heterocycles. The molecule has 0 rings (SSSR count). The second-order valence-corrected chi connectivity index (χ2v) is 5.38. The molecule has 9 heteroatoms. The number of thioether (sulfide) groups is 1. The zero-order valence-electron chi connectivity index (χ0n) is 10.00. The molecule has 0 aliphatic rings. The summed E-state index contributed by atoms with van der Waals surface area (Å²) < 4.78 is 40.5. The molecule has 0 aromatic heterocycles. The van der Waals surface area contributed by atoms with Gasteiger partial charge in [-0.2, -0.15) is 13.2 Å². The molecule has 0 aromatic rings. The van der Waals surface area contributed by atoms with Gasteiger partial charge in [-0.05, 0) is 32.5 Å². The zero-order valence-corrected chi connectivity index (χ0v) is 10.8. The number of rotatable bonds is 4. The summed E-state index contributed by atoms with van der Waals surface area (Å²) in [5.74, 6) is -2.38. The van der Waals surface area contributed by atoms with Crippen LogP contribution in [0.5, 0.6) is 0 Å². The summed E-state index contributed by atoms with van der Waals surface area (Å²) in [6.45, 7) is 4.65. The van der Waals surface area contributed by atoms with Crippen molar-refractivity contribution in [3.63, 3.8) is 0 Å². The van der Waals surface area contributed by atoms with Gasteiger partial charge >= 0.3 is 17.6 Å². The first kappa shape index (κ1) is 16.9. The monoisotopic (exact) mass is 289 g/mol. The minimum Gasteiger partial charge on any atom is -0.480 e. The third-order valence-corrected chi connectivity index (χ3v) is 2.23. The quantitative estimate of drug-likeness (QED) is 0.830. The number of carboxylic acids is 1. The van der Waals surface area contributed by atoms with E-state index in [0.29, 0.717) is 0 Å². The molecule has 1 atom stereocenters. The van der Waals surface area contributed by atoms with Crippen LogP contribution in [-0.4, -0.2) is 40.1 Å². The van der Waals surface area contributed by atoms with E-state index >= 15 is 0 Å². The summed E-state index contributed by atoms with van der Waals surface area (Å²) in [5, 5.41) is 10.5. The maximum atomic E-state index is 11.9. The third kappa shape index (κ3) is 8.97. The van der Waals surface area contributed by atoms with E-state index in [2.05, 4.69) is 0 Å². The van der Waals surface area contributed by atoms with Gasteiger partial charge in [0.15, 0.2) is 0 Å². The Morgan fingerprint density at radius 1 is 1.33 bits per heavy atom. The van der Waals surface area contributed by atoms with Crippen molar-refractivity contribution in [1.82, 2.24) is 5.32 Å². The molecule has 0 saturated carbocycles. The lowest BCUT2D eigenvalue weighted by Crippen LogP contribution is -2.45. The Bertz CT molecular complexity index is 314. The van der Waals surface area contributed by atoms with Crippen LogP contribution in [0.4, 0.5) is 18.0 Å². The standard InChI is InChI=1S/C9H14F3NO4S/c1-8(2,3)17-7(16)13-5(6(14)15)4-18-9(10,11)12/h5H,4H2,1-3H3,(H,13,16)(H,14,15)/t5-/m1/s1. The summed E-state index contributed by atoms with van der Waals surface area (Å²) in [6, 6.07) is -1.66. The number of hydrogen-bond acceptors (Lipinski definition) is 4. The van der Waals surface area contributed by atoms with Crippen molar-refractivity contribution in [3.8, 4) is 0 Å². The zero-order chi connectivity index (χ0) is 14.6. The maximum Gasteiger partial charge on any atom is 0.441 e. The number of carboxylic acid groups (broad SMARTS) is 1. The molecule has 106 valence electrons. The van der Waals surface area contributed by atoms with Crippen molar-refractivity contribution < 1.29 is 32.6 Å². The second-order valence-electron chi connectivity index (χ2n) is 4.29. The van der Waals surface area contributed by atoms with Gasteiger partial charge in [-0.25, -0.2) is 9.59 Å². The average Bonchev–Trinajstić information content (AvgIpc) is 2.06. The molecule has 0 aliphatic heterocycles. The van der Waals surface area contributed by atoms with Crippen molar-refractivity contribution in [3.05, 3.63) is 0 Å². The van der Waals surface area contributed by atoms with Gasteiger partial charge in [-0.15, -0.1) is 0 Å². The fourth-order valence-corrected chi connectivity index (χ4v) is 1.38. The van der Waals surface area contributed by atoms with Crippen LogP contribution in [0.2, 0.25) is 0 Å². The highest BCUT2D eigenvalue weighted by molar-refractivity contribution is 8.00. The van der Waals surface area contributed by atoms with Gasteiger partial charge in [0.25, 0.3) is 0 Å². The number of alkyl carbamates (subject to hydrolysis) is 1. The van der Waals surface area contributed by atoms with Crippen molar-refractivity contribution in [2.75, 3.05) is 5.75 Å². The van der Waals surface area contributed by atoms with Crippen molar-refractivity contribution >= 4 is 23.8 Å². The van der Waals surface area contributed by atoms with E-state index in [9.17, 15) is 22.8 Å². The smallest absolute Gasteiger partial charge is 0.441 e. The first-order valence-corrected chi connectivity index (χ1v) is 5.82. The van der Waals surface area contributed by atoms with Crippen LogP contribution >= 0.6 is 11.8 Å². The Hall–Kier alpha value is -1.12. The summed E-state index contributed by atoms with van der Waals surface area (Å²) in [5.41, 5.74) is -5.41. The molecule has 0 unspecified atom stereocenters. The number of nitrogens with one attached hydrogen (secondary N) is 1. The first-order chi connectivity index (χ1) is 7.91. The predicted molar refractivity (Wildman–Crippen MR) is 59.3 cm³/mol. The van der Waals surface area contributed by atoms with Crippen LogP contribution < -0.4 is 5.32 Å². The lowest BCUT2D eigenvalue weighted by Gasteiger charge is -2.22. The third-order valence-electron chi connectivity index (χ3n) is 1.40. The number of aliphatic carboxylic acids is 1. The molecule has 5 nitrogen and oxygen atoms in total. The Kier molecular flexibility index (Phi) is 5.78. The van der Waals surface area contributed by atoms with Crippen LogP contribution in [0.25, 0.3) is 0 Å². The number of ether oxygens (including phenoxy) is 1. The fraction of sp³-hybridized carbons (Fsp3) is 0.778. The van der Waals surface area contributed by atoms with E-state index in [-0.39, 0.29) is 0 Å². The van der Waals surface area contributed by atoms with Crippen LogP contribution in [0.15, 0.2) is 0 Å². The number of amides is 1. The van der Waals surface area contributed by atoms with E-state index in [0.717, 1.165) is 0 Å². The van der Waals surface area contributed by atoms with E-state index in [1.54, 1.807) is 20.8 Å². The van der Waals surface area contributed by atoms with Gasteiger partial charge in [0.2, 0.25) is 0 Å². The van der Waals surface area contributed by atoms with Gasteiger partial charge < -0.3 is 15.2 Å². The largest absolute Gasteiger partial charge is 0.480 e. The lowest BCUT2D eigenvalue weighted by molar-refractivity contribution is -0.138. The highest BCUT2D eigenvalue weighted by atomic mass is 32.2. The van der Waals surface area contributed by atoms with Gasteiger partial charge in [0.05, 0.1) is 0 Å². The van der Waals surface area contributed by atoms with Crippen molar-refractivity contribution in [2.24, 2.45) is 0 Å². The van der Waals surface area contributed by atoms with Gasteiger partial charge in [-0.3, -0.25) is 0 Å². The summed E-state index contributed by atoms with van der Waals surface area (Å²) in [4.78, 5) is 21.9. The molecule has 1 amide bonds. The molecule has 18 heavy (non-hydrogen) atoms. The predicted octanol–water partition coefficient (Wildman–Crippen LogP) is 2.22. The number of hydrogen-bond donors (Lipinski definition) is 2. The van der Waals surface area contributed by atoms with Crippen LogP contribution in [0.3, 0.4) is 0 Å². The molecular weight excluding hydrogens is 275 g/mol. The Balaban J connectivity index is 4.37. The van der Waals surface area contributed by atoms with E-state index in [4.69, 9.17) is 9.84 Å². The first-order valence-electron chi connectivity index (χ1n) is 4.84. The van der Waals surface area contributed by atoms with Gasteiger partial charge in [0, 0.05) is 5.75 Å². The average molecular weight is 289 g/mol. The number of carbonyl (C=O) groups excluding carboxylic acids is 1. The molecule has 0 aliphatic carbocycles. The van der Waals surface area contributed by atoms with Crippen LogP contribution in [-0.2, 0) is 9.53 Å². The van der Waals surface area contributed by atoms with Crippen molar-refractivity contribution in [2.45, 2.75) is 37.9 Å². The van der Waals surface area contributed by atoms with Crippen molar-refractivity contribution in [1.29, 1.82) is 0 Å². The maximum absolute atomic E-state index is 11.9. The Morgan fingerprint density at radius 3 is 2.17 bits per heavy atom. The SMILES string of the molecule is CC(C)(C)OC(=O)N[C@H](CSC(F)(F)F)C(=O)O. The highest BCUT2D eigenvalue weighted by Crippen LogP contribution is 2.30. The van der Waals surface area contributed by atoms with E-state index < -0.39 is 46.7 Å². The topological polar surface area (TPSA) is 75.6 Å². The Morgan fingerprint density at radius 2 is 1.83 bits per heavy atom. The summed E-state index contributed by atoms with van der Waals surface area (Å²) in [6.07, 6.45) is -1.07. The number of alkyl halides is 3. The number of carbonyl (C=O) groups is 2. The molecule has 0 spiro atoms. The van der Waals surface area contributed by atoms with Crippen LogP contribution in [0, 0.1) is 0 Å². The Labute approximate surface area is 106 Å². The molecule has 0 bridgehead atoms. The molecule has 0 aromatic carbocycles. The minimum atomic E-state index is -4.55. The second kappa shape index (κ2) is 6.17. The fourth-order valence-electron chi connectivity index (χ4n) is 0.802. The van der Waals surface area contributed by atoms with E-state index in [1.165, 1.54) is 0 Å². The molecule has 0 radical (unpaired) electrons. The normalized spacial score (nSPS) is 13.9. The lowest BCUT2D eigenvalue weighted by atomic mass is 10.2. The summed E-state index contributed by atoms with van der Waals surface area (Å²) in [7, 11) is 0. The van der Waals surface area contributed by atoms with E-state index in [1.807, 2.05) is 5.32 Å².